The van der Waals surface area contributed by atoms with Crippen LogP contribution in [0.25, 0.3) is 11.6 Å². The first-order valence-corrected chi connectivity index (χ1v) is 12.5. The van der Waals surface area contributed by atoms with E-state index >= 15 is 0 Å². The lowest BCUT2D eigenvalue weighted by Gasteiger charge is -2.16. The van der Waals surface area contributed by atoms with Crippen LogP contribution in [0.5, 0.6) is 0 Å². The molecule has 0 aliphatic heterocycles. The maximum Gasteiger partial charge on any atom is 0.0168 e. The molecule has 152 valence electrons. The van der Waals surface area contributed by atoms with Gasteiger partial charge in [0.1, 0.15) is 0 Å². The van der Waals surface area contributed by atoms with Gasteiger partial charge < -0.3 is 0 Å². The molecule has 32 heavy (non-hydrogen) atoms. The first-order chi connectivity index (χ1) is 15.9. The molecule has 2 aliphatic carbocycles. The second-order valence-electron chi connectivity index (χ2n) is 8.51. The van der Waals surface area contributed by atoms with Crippen LogP contribution in [-0.4, -0.2) is 9.13 Å². The molecule has 0 heterocycles. The summed E-state index contributed by atoms with van der Waals surface area (Å²) in [5, 5.41) is 4.08. The molecule has 6 rings (SSSR count). The zero-order valence-electron chi connectivity index (χ0n) is 17.9. The lowest BCUT2D eigenvalue weighted by Crippen LogP contribution is -2.06. The average Bonchev–Trinajstić information content (AvgIpc) is 3.51. The molecule has 0 radical (unpaired) electrons. The van der Waals surface area contributed by atoms with Crippen LogP contribution < -0.4 is 5.22 Å². The summed E-state index contributed by atoms with van der Waals surface area (Å²) in [6, 6.07) is 35.6. The van der Waals surface area contributed by atoms with Crippen molar-refractivity contribution in [2.24, 2.45) is 0 Å². The molecule has 0 spiro atoms. The van der Waals surface area contributed by atoms with E-state index in [4.69, 9.17) is 0 Å². The molecule has 0 amide bonds. The van der Waals surface area contributed by atoms with Gasteiger partial charge in [-0.05, 0) is 60.8 Å². The van der Waals surface area contributed by atoms with Crippen molar-refractivity contribution in [2.45, 2.75) is 12.0 Å². The molecule has 0 saturated heterocycles. The Morgan fingerprint density at radius 3 is 2.03 bits per heavy atom. The minimum atomic E-state index is 0.00407. The van der Waals surface area contributed by atoms with Crippen LogP contribution in [0.2, 0.25) is 0 Å². The molecule has 4 aromatic carbocycles. The van der Waals surface area contributed by atoms with Crippen LogP contribution in [-0.2, 0) is 0 Å². The van der Waals surface area contributed by atoms with E-state index < -0.39 is 0 Å². The fourth-order valence-electron chi connectivity index (χ4n) is 5.06. The molecule has 0 saturated carbocycles. The third kappa shape index (κ3) is 3.35. The smallest absolute Gasteiger partial charge is 0.0168 e. The molecule has 1 heteroatoms. The zero-order valence-corrected chi connectivity index (χ0v) is 19.1. The molecule has 0 bridgehead atoms. The molecule has 2 aliphatic rings. The Balaban J connectivity index is 1.65. The van der Waals surface area contributed by atoms with Gasteiger partial charge in [0.05, 0.1) is 0 Å². The van der Waals surface area contributed by atoms with Crippen molar-refractivity contribution in [1.82, 2.24) is 0 Å². The van der Waals surface area contributed by atoms with Crippen molar-refractivity contribution in [3.8, 4) is 0 Å². The van der Waals surface area contributed by atoms with Crippen LogP contribution in [0, 0.1) is 15.3 Å². The predicted molar refractivity (Wildman–Crippen MR) is 136 cm³/mol. The molecule has 0 nitrogen and oxygen atoms in total. The lowest BCUT2D eigenvalue weighted by atomic mass is 9.98. The van der Waals surface area contributed by atoms with Gasteiger partial charge >= 0.3 is 0 Å². The Hall–Kier alpha value is -3.55. The highest BCUT2D eigenvalue weighted by atomic mass is 28.2. The second-order valence-corrected chi connectivity index (χ2v) is 10.1. The highest BCUT2D eigenvalue weighted by molar-refractivity contribution is 6.31. The second kappa shape index (κ2) is 8.18. The quantitative estimate of drug-likeness (QED) is 0.313. The molecule has 0 atom stereocenters. The van der Waals surface area contributed by atoms with Crippen LogP contribution in [0.4, 0.5) is 0 Å². The standard InChI is InChI=1S/C31H24Si/c1-3-13-23(14-4-1)31(24-15-5-2-6-16-24)32-29-20-19-27-26-18-10-9-17-25(26)21-28(27)30(29)22-11-7-8-12-22/h1-11,13-21,31-32H,12H2. The van der Waals surface area contributed by atoms with Gasteiger partial charge in [-0.3, -0.25) is 0 Å². The molecular formula is C31H24Si. The van der Waals surface area contributed by atoms with E-state index in [2.05, 4.69) is 121 Å². The maximum atomic E-state index is 2.41. The summed E-state index contributed by atoms with van der Waals surface area (Å²) in [5.74, 6) is 0. The van der Waals surface area contributed by atoms with Gasteiger partial charge in [0, 0.05) is 14.7 Å². The van der Waals surface area contributed by atoms with Crippen molar-refractivity contribution in [2.75, 3.05) is 0 Å². The molecular weight excluding hydrogens is 400 g/mol. The van der Waals surface area contributed by atoms with E-state index in [0.29, 0.717) is 5.54 Å². The number of rotatable bonds is 4. The number of hydrogen-bond donors (Lipinski definition) is 0. The Morgan fingerprint density at radius 1 is 0.656 bits per heavy atom. The lowest BCUT2D eigenvalue weighted by molar-refractivity contribution is 1.13. The largest absolute Gasteiger partial charge is 0.0801 e. The van der Waals surface area contributed by atoms with Crippen molar-refractivity contribution in [3.63, 3.8) is 0 Å². The Labute approximate surface area is 190 Å². The summed E-state index contributed by atoms with van der Waals surface area (Å²) in [4.78, 5) is 1.51. The first-order valence-electron chi connectivity index (χ1n) is 11.3. The molecule has 0 fully saturated rings. The number of fused-ring (bicyclic) bond motifs is 2. The minimum absolute atomic E-state index is 0.00407. The SMILES string of the molecule is C1=CCC(c2c3c(ccc2=[SiH]C(c2ccccc2)c2ccccc2)=c2ccccc2=C3)=C1. The minimum Gasteiger partial charge on any atom is -0.0801 e. The normalized spacial score (nSPS) is 14.3. The molecule has 4 aromatic rings. The van der Waals surface area contributed by atoms with Gasteiger partial charge in [0.2, 0.25) is 0 Å². The van der Waals surface area contributed by atoms with Crippen LogP contribution in [0.15, 0.2) is 115 Å². The fraction of sp³-hybridized carbons (Fsp3) is 0.0645. The third-order valence-electron chi connectivity index (χ3n) is 6.58. The number of benzene rings is 4. The topological polar surface area (TPSA) is 0 Å². The van der Waals surface area contributed by atoms with Crippen LogP contribution in [0.1, 0.15) is 34.2 Å². The Kier molecular flexibility index (Phi) is 4.90. The van der Waals surface area contributed by atoms with Crippen LogP contribution >= 0.6 is 0 Å². The highest BCUT2D eigenvalue weighted by Crippen LogP contribution is 2.31. The summed E-state index contributed by atoms with van der Waals surface area (Å²) in [7, 11) is 0.00407. The van der Waals surface area contributed by atoms with Crippen molar-refractivity contribution in [1.29, 1.82) is 0 Å². The Bertz CT molecular complexity index is 1540. The zero-order chi connectivity index (χ0) is 21.3. The Morgan fingerprint density at radius 2 is 1.34 bits per heavy atom. The molecule has 0 unspecified atom stereocenters. The van der Waals surface area contributed by atoms with Crippen molar-refractivity contribution >= 4 is 20.8 Å². The van der Waals surface area contributed by atoms with E-state index in [1.807, 2.05) is 0 Å². The highest BCUT2D eigenvalue weighted by Gasteiger charge is 2.16. The van der Waals surface area contributed by atoms with Crippen molar-refractivity contribution < 1.29 is 0 Å². The van der Waals surface area contributed by atoms with Gasteiger partial charge in [-0.25, -0.2) is 0 Å². The summed E-state index contributed by atoms with van der Waals surface area (Å²) < 4.78 is 0. The maximum absolute atomic E-state index is 2.41. The molecule has 0 N–H and O–H groups in total. The summed E-state index contributed by atoms with van der Waals surface area (Å²) in [5.41, 5.74) is 7.56. The van der Waals surface area contributed by atoms with Crippen LogP contribution in [0.3, 0.4) is 0 Å². The van der Waals surface area contributed by atoms with E-state index in [1.165, 1.54) is 48.3 Å². The third-order valence-corrected chi connectivity index (χ3v) is 8.53. The number of allylic oxidation sites excluding steroid dienone is 4. The summed E-state index contributed by atoms with van der Waals surface area (Å²) in [6.45, 7) is 0. The fourth-order valence-corrected chi connectivity index (χ4v) is 6.96. The average molecular weight is 425 g/mol. The van der Waals surface area contributed by atoms with Gasteiger partial charge in [0.15, 0.2) is 0 Å². The van der Waals surface area contributed by atoms with Gasteiger partial charge in [-0.1, -0.05) is 115 Å². The molecule has 0 aromatic heterocycles. The van der Waals surface area contributed by atoms with Gasteiger partial charge in [-0.2, -0.15) is 0 Å². The van der Waals surface area contributed by atoms with Crippen molar-refractivity contribution in [3.05, 3.63) is 158 Å². The van der Waals surface area contributed by atoms with E-state index in [-0.39, 0.29) is 9.13 Å². The summed E-state index contributed by atoms with van der Waals surface area (Å²) in [6.07, 6.45) is 10.2. The van der Waals surface area contributed by atoms with Gasteiger partial charge in [0.25, 0.3) is 0 Å². The summed E-state index contributed by atoms with van der Waals surface area (Å²) >= 11 is 0. The number of hydrogen-bond acceptors (Lipinski definition) is 0. The van der Waals surface area contributed by atoms with Gasteiger partial charge in [-0.15, -0.1) is 0 Å². The van der Waals surface area contributed by atoms with E-state index in [9.17, 15) is 0 Å². The predicted octanol–water partition coefficient (Wildman–Crippen LogP) is 5.94. The van der Waals surface area contributed by atoms with E-state index in [0.717, 1.165) is 6.42 Å². The van der Waals surface area contributed by atoms with E-state index in [1.54, 1.807) is 0 Å². The first kappa shape index (κ1) is 19.2. The monoisotopic (exact) mass is 424 g/mol.